The van der Waals surface area contributed by atoms with Crippen LogP contribution in [0.1, 0.15) is 15.9 Å². The van der Waals surface area contributed by atoms with E-state index < -0.39 is 0 Å². The second-order valence-corrected chi connectivity index (χ2v) is 5.31. The number of ether oxygens (including phenoxy) is 1. The zero-order chi connectivity index (χ0) is 15.2. The van der Waals surface area contributed by atoms with Gasteiger partial charge < -0.3 is 15.4 Å². The molecule has 0 radical (unpaired) electrons. The van der Waals surface area contributed by atoms with E-state index in [0.29, 0.717) is 16.3 Å². The summed E-state index contributed by atoms with van der Waals surface area (Å²) in [6, 6.07) is 9.11. The lowest BCUT2D eigenvalue weighted by atomic mass is 10.2. The molecule has 2 aromatic rings. The minimum absolute atomic E-state index is 0.103. The molecular formula is C15H16N2O3S. The molecule has 5 nitrogen and oxygen atoms in total. The predicted molar refractivity (Wildman–Crippen MR) is 83.0 cm³/mol. The highest BCUT2D eigenvalue weighted by molar-refractivity contribution is 7.14. The van der Waals surface area contributed by atoms with E-state index in [9.17, 15) is 9.59 Å². The van der Waals surface area contributed by atoms with Gasteiger partial charge in [0.15, 0.2) is 6.61 Å². The fraction of sp³-hybridized carbons (Fsp3) is 0.200. The third-order valence-electron chi connectivity index (χ3n) is 2.78. The number of anilines is 1. The van der Waals surface area contributed by atoms with Crippen LogP contribution >= 0.6 is 11.3 Å². The van der Waals surface area contributed by atoms with Gasteiger partial charge in [-0.15, -0.1) is 11.3 Å². The van der Waals surface area contributed by atoms with E-state index in [1.54, 1.807) is 18.5 Å². The molecule has 0 fully saturated rings. The Labute approximate surface area is 126 Å². The minimum atomic E-state index is -0.303. The molecule has 6 heteroatoms. The first-order valence-electron chi connectivity index (χ1n) is 6.39. The summed E-state index contributed by atoms with van der Waals surface area (Å²) in [5.41, 5.74) is 1.58. The standard InChI is InChI=1S/C15H16N2O3S/c1-10-3-5-11(6-4-10)20-9-13(18)17-15-12(7-8-21-15)14(19)16-2/h3-8H,9H2,1-2H3,(H,16,19)(H,17,18). The minimum Gasteiger partial charge on any atom is -0.484 e. The Morgan fingerprint density at radius 3 is 2.57 bits per heavy atom. The summed E-state index contributed by atoms with van der Waals surface area (Å²) in [6.45, 7) is 1.88. The molecule has 0 saturated carbocycles. The van der Waals surface area contributed by atoms with Crippen molar-refractivity contribution in [3.05, 3.63) is 46.8 Å². The van der Waals surface area contributed by atoms with Crippen LogP contribution in [0.15, 0.2) is 35.7 Å². The largest absolute Gasteiger partial charge is 0.484 e. The molecule has 0 aliphatic heterocycles. The lowest BCUT2D eigenvalue weighted by molar-refractivity contribution is -0.118. The first-order chi connectivity index (χ1) is 10.1. The lowest BCUT2D eigenvalue weighted by Crippen LogP contribution is -2.23. The van der Waals surface area contributed by atoms with Crippen molar-refractivity contribution in [3.8, 4) is 5.75 Å². The zero-order valence-corrected chi connectivity index (χ0v) is 12.6. The monoisotopic (exact) mass is 304 g/mol. The second kappa shape index (κ2) is 6.90. The number of hydrogen-bond donors (Lipinski definition) is 2. The van der Waals surface area contributed by atoms with Gasteiger partial charge in [0.25, 0.3) is 11.8 Å². The molecule has 21 heavy (non-hydrogen) atoms. The molecule has 0 aliphatic rings. The van der Waals surface area contributed by atoms with Gasteiger partial charge in [0.2, 0.25) is 0 Å². The molecule has 0 unspecified atom stereocenters. The highest BCUT2D eigenvalue weighted by Crippen LogP contribution is 2.23. The van der Waals surface area contributed by atoms with Gasteiger partial charge in [-0.3, -0.25) is 9.59 Å². The highest BCUT2D eigenvalue weighted by Gasteiger charge is 2.14. The lowest BCUT2D eigenvalue weighted by Gasteiger charge is -2.08. The van der Waals surface area contributed by atoms with E-state index in [1.165, 1.54) is 11.3 Å². The van der Waals surface area contributed by atoms with E-state index in [0.717, 1.165) is 5.56 Å². The molecule has 2 rings (SSSR count). The van der Waals surface area contributed by atoms with E-state index in [4.69, 9.17) is 4.74 Å². The third kappa shape index (κ3) is 4.06. The van der Waals surface area contributed by atoms with Crippen LogP contribution in [0.3, 0.4) is 0 Å². The van der Waals surface area contributed by atoms with Crippen molar-refractivity contribution >= 4 is 28.2 Å². The van der Waals surface area contributed by atoms with Gasteiger partial charge in [-0.2, -0.15) is 0 Å². The van der Waals surface area contributed by atoms with E-state index in [2.05, 4.69) is 10.6 Å². The maximum absolute atomic E-state index is 11.9. The highest BCUT2D eigenvalue weighted by atomic mass is 32.1. The zero-order valence-electron chi connectivity index (χ0n) is 11.8. The third-order valence-corrected chi connectivity index (χ3v) is 3.61. The van der Waals surface area contributed by atoms with Crippen LogP contribution < -0.4 is 15.4 Å². The number of hydrogen-bond acceptors (Lipinski definition) is 4. The van der Waals surface area contributed by atoms with Gasteiger partial charge in [0.1, 0.15) is 10.8 Å². The van der Waals surface area contributed by atoms with Crippen LogP contribution in [0.25, 0.3) is 0 Å². The van der Waals surface area contributed by atoms with Crippen molar-refractivity contribution in [2.75, 3.05) is 19.0 Å². The first-order valence-corrected chi connectivity index (χ1v) is 7.27. The fourth-order valence-electron chi connectivity index (χ4n) is 1.67. The van der Waals surface area contributed by atoms with Crippen molar-refractivity contribution in [1.29, 1.82) is 0 Å². The van der Waals surface area contributed by atoms with Crippen LogP contribution in [-0.4, -0.2) is 25.5 Å². The molecule has 1 aromatic heterocycles. The van der Waals surface area contributed by atoms with E-state index in [1.807, 2.05) is 31.2 Å². The number of nitrogens with one attached hydrogen (secondary N) is 2. The molecule has 0 aliphatic carbocycles. The number of thiophene rings is 1. The Balaban J connectivity index is 1.92. The second-order valence-electron chi connectivity index (χ2n) is 4.39. The van der Waals surface area contributed by atoms with Gasteiger partial charge in [-0.1, -0.05) is 17.7 Å². The normalized spacial score (nSPS) is 10.0. The summed E-state index contributed by atoms with van der Waals surface area (Å²) in [6.07, 6.45) is 0. The van der Waals surface area contributed by atoms with Crippen molar-refractivity contribution in [3.63, 3.8) is 0 Å². The summed E-state index contributed by atoms with van der Waals surface area (Å²) < 4.78 is 5.39. The van der Waals surface area contributed by atoms with Gasteiger partial charge in [0, 0.05) is 7.05 Å². The number of rotatable bonds is 5. The van der Waals surface area contributed by atoms with E-state index >= 15 is 0 Å². The fourth-order valence-corrected chi connectivity index (χ4v) is 2.47. The first kappa shape index (κ1) is 15.1. The maximum Gasteiger partial charge on any atom is 0.262 e. The van der Waals surface area contributed by atoms with Crippen molar-refractivity contribution in [2.24, 2.45) is 0 Å². The molecular weight excluding hydrogens is 288 g/mol. The van der Waals surface area contributed by atoms with E-state index in [-0.39, 0.29) is 18.4 Å². The number of amides is 2. The molecule has 1 aromatic carbocycles. The number of carbonyl (C=O) groups is 2. The average molecular weight is 304 g/mol. The van der Waals surface area contributed by atoms with Crippen LogP contribution in [0.5, 0.6) is 5.75 Å². The summed E-state index contributed by atoms with van der Waals surface area (Å²) >= 11 is 1.30. The van der Waals surface area contributed by atoms with Crippen LogP contribution in [0, 0.1) is 6.92 Å². The SMILES string of the molecule is CNC(=O)c1ccsc1NC(=O)COc1ccc(C)cc1. The van der Waals surface area contributed by atoms with Gasteiger partial charge in [-0.25, -0.2) is 0 Å². The van der Waals surface area contributed by atoms with Crippen LogP contribution in [0.4, 0.5) is 5.00 Å². The Morgan fingerprint density at radius 1 is 1.19 bits per heavy atom. The Morgan fingerprint density at radius 2 is 1.90 bits per heavy atom. The summed E-state index contributed by atoms with van der Waals surface area (Å²) in [5, 5.41) is 7.48. The summed E-state index contributed by atoms with van der Waals surface area (Å²) in [7, 11) is 1.55. The van der Waals surface area contributed by atoms with Crippen LogP contribution in [-0.2, 0) is 4.79 Å². The summed E-state index contributed by atoms with van der Waals surface area (Å²) in [4.78, 5) is 23.5. The van der Waals surface area contributed by atoms with Crippen molar-refractivity contribution in [2.45, 2.75) is 6.92 Å². The molecule has 0 bridgehead atoms. The topological polar surface area (TPSA) is 67.4 Å². The van der Waals surface area contributed by atoms with Crippen molar-refractivity contribution in [1.82, 2.24) is 5.32 Å². The molecule has 0 saturated heterocycles. The van der Waals surface area contributed by atoms with Gasteiger partial charge in [-0.05, 0) is 30.5 Å². The molecule has 0 spiro atoms. The molecule has 0 atom stereocenters. The Hall–Kier alpha value is -2.34. The van der Waals surface area contributed by atoms with Gasteiger partial charge >= 0.3 is 0 Å². The quantitative estimate of drug-likeness (QED) is 0.891. The summed E-state index contributed by atoms with van der Waals surface area (Å²) in [5.74, 6) is 0.0997. The predicted octanol–water partition coefficient (Wildman–Crippen LogP) is 2.43. The Bertz CT molecular complexity index is 635. The Kier molecular flexibility index (Phi) is 4.94. The number of aryl methyl sites for hydroxylation is 1. The van der Waals surface area contributed by atoms with Gasteiger partial charge in [0.05, 0.1) is 5.56 Å². The molecule has 110 valence electrons. The van der Waals surface area contributed by atoms with Crippen LogP contribution in [0.2, 0.25) is 0 Å². The average Bonchev–Trinajstić information content (AvgIpc) is 2.94. The smallest absolute Gasteiger partial charge is 0.262 e. The van der Waals surface area contributed by atoms with Crippen molar-refractivity contribution < 1.29 is 14.3 Å². The molecule has 1 heterocycles. The molecule has 2 amide bonds. The number of benzene rings is 1. The number of carbonyl (C=O) groups excluding carboxylic acids is 2. The molecule has 2 N–H and O–H groups in total. The maximum atomic E-state index is 11.9.